The van der Waals surface area contributed by atoms with E-state index in [2.05, 4.69) is 10.2 Å². The number of nitrogens with one attached hydrogen (secondary N) is 1. The number of hydrogen-bond donors (Lipinski definition) is 1. The Morgan fingerprint density at radius 2 is 2.14 bits per heavy atom. The number of carbonyl (C=O) groups is 1. The van der Waals surface area contributed by atoms with Crippen LogP contribution in [0.15, 0.2) is 33.9 Å². The summed E-state index contributed by atoms with van der Waals surface area (Å²) in [5, 5.41) is 24.0. The molecule has 0 spiro atoms. The molecule has 8 heteroatoms. The number of aromatic nitrogens is 2. The third-order valence-electron chi connectivity index (χ3n) is 2.72. The lowest BCUT2D eigenvalue weighted by molar-refractivity contribution is -0.117. The molecule has 0 amide bonds. The number of nitrogens with zero attached hydrogens (tertiary/aromatic N) is 3. The Morgan fingerprint density at radius 1 is 1.45 bits per heavy atom. The molecule has 0 saturated heterocycles. The summed E-state index contributed by atoms with van der Waals surface area (Å²) in [7, 11) is 0. The summed E-state index contributed by atoms with van der Waals surface area (Å²) >= 11 is 0.997. The van der Waals surface area contributed by atoms with Crippen LogP contribution >= 0.6 is 11.8 Å². The van der Waals surface area contributed by atoms with Gasteiger partial charge >= 0.3 is 0 Å². The number of ketones is 1. The van der Waals surface area contributed by atoms with Crippen molar-refractivity contribution in [3.8, 4) is 17.5 Å². The Kier molecular flexibility index (Phi) is 5.01. The summed E-state index contributed by atoms with van der Waals surface area (Å²) in [4.78, 5) is 11.8. The fourth-order valence-corrected chi connectivity index (χ4v) is 2.27. The molecule has 2 aromatic rings. The van der Waals surface area contributed by atoms with Crippen LogP contribution in [0.2, 0.25) is 0 Å². The first-order chi connectivity index (χ1) is 10.5. The number of thioether (sulfide) groups is 1. The van der Waals surface area contributed by atoms with Crippen LogP contribution < -0.4 is 0 Å². The van der Waals surface area contributed by atoms with Crippen LogP contribution in [-0.4, -0.2) is 27.4 Å². The van der Waals surface area contributed by atoms with Crippen LogP contribution in [0, 0.1) is 28.5 Å². The number of hydrogen-bond acceptors (Lipinski definition) is 7. The van der Waals surface area contributed by atoms with Gasteiger partial charge in [0.2, 0.25) is 5.89 Å². The van der Waals surface area contributed by atoms with Crippen molar-refractivity contribution in [1.82, 2.24) is 10.2 Å². The maximum absolute atomic E-state index is 12.8. The molecule has 0 saturated carbocycles. The van der Waals surface area contributed by atoms with E-state index in [1.165, 1.54) is 31.2 Å². The first-order valence-electron chi connectivity index (χ1n) is 6.21. The Hall–Kier alpha value is -2.53. The second-order valence-corrected chi connectivity index (χ2v) is 5.31. The molecule has 0 fully saturated rings. The topological polar surface area (TPSA) is 104 Å². The molecular formula is C14H11FN4O2S. The van der Waals surface area contributed by atoms with E-state index in [9.17, 15) is 9.18 Å². The van der Waals surface area contributed by atoms with Gasteiger partial charge in [-0.1, -0.05) is 11.8 Å². The highest BCUT2D eigenvalue weighted by Gasteiger charge is 2.21. The highest BCUT2D eigenvalue weighted by molar-refractivity contribution is 7.99. The second-order valence-electron chi connectivity index (χ2n) is 4.38. The van der Waals surface area contributed by atoms with Crippen LogP contribution in [0.5, 0.6) is 0 Å². The van der Waals surface area contributed by atoms with Gasteiger partial charge in [0.15, 0.2) is 5.78 Å². The van der Waals surface area contributed by atoms with Gasteiger partial charge in [-0.05, 0) is 31.2 Å². The molecular weight excluding hydrogens is 307 g/mol. The van der Waals surface area contributed by atoms with E-state index < -0.39 is 5.92 Å². The van der Waals surface area contributed by atoms with Crippen molar-refractivity contribution >= 4 is 23.3 Å². The summed E-state index contributed by atoms with van der Waals surface area (Å²) in [6.45, 7) is 1.41. The van der Waals surface area contributed by atoms with E-state index in [-0.39, 0.29) is 34.2 Å². The Morgan fingerprint density at radius 3 is 2.73 bits per heavy atom. The quantitative estimate of drug-likeness (QED) is 0.648. The van der Waals surface area contributed by atoms with Gasteiger partial charge in [-0.3, -0.25) is 4.79 Å². The Balaban J connectivity index is 2.01. The van der Waals surface area contributed by atoms with Crippen molar-refractivity contribution in [3.05, 3.63) is 30.1 Å². The van der Waals surface area contributed by atoms with Gasteiger partial charge in [0.05, 0.1) is 11.8 Å². The number of carbonyl (C=O) groups excluding carboxylic acids is 1. The Labute approximate surface area is 129 Å². The third kappa shape index (κ3) is 3.77. The molecule has 1 aromatic heterocycles. The highest BCUT2D eigenvalue weighted by atomic mass is 32.2. The van der Waals surface area contributed by atoms with Gasteiger partial charge < -0.3 is 9.83 Å². The minimum Gasteiger partial charge on any atom is -0.411 e. The number of rotatable bonds is 6. The highest BCUT2D eigenvalue weighted by Crippen LogP contribution is 2.23. The first kappa shape index (κ1) is 15.9. The average molecular weight is 318 g/mol. The molecule has 0 aliphatic rings. The lowest BCUT2D eigenvalue weighted by Crippen LogP contribution is -2.21. The SMILES string of the molecule is CC(=N)C(C#N)C(=O)CSc1nnc(-c2ccc(F)cc2)o1. The molecule has 22 heavy (non-hydrogen) atoms. The molecule has 0 aliphatic heterocycles. The number of Topliss-reactive ketones (excluding diaryl/α,β-unsaturated/α-hetero) is 1. The monoisotopic (exact) mass is 318 g/mol. The van der Waals surface area contributed by atoms with E-state index in [0.29, 0.717) is 5.56 Å². The normalized spacial score (nSPS) is 11.7. The predicted molar refractivity (Wildman–Crippen MR) is 77.9 cm³/mol. The van der Waals surface area contributed by atoms with Gasteiger partial charge in [0, 0.05) is 11.3 Å². The molecule has 1 heterocycles. The largest absolute Gasteiger partial charge is 0.411 e. The molecule has 2 rings (SSSR count). The fourth-order valence-electron chi connectivity index (χ4n) is 1.60. The van der Waals surface area contributed by atoms with Crippen LogP contribution in [-0.2, 0) is 4.79 Å². The van der Waals surface area contributed by atoms with Crippen LogP contribution in [0.1, 0.15) is 6.92 Å². The van der Waals surface area contributed by atoms with E-state index in [4.69, 9.17) is 15.1 Å². The number of nitriles is 1. The molecule has 112 valence electrons. The molecule has 1 aromatic carbocycles. The third-order valence-corrected chi connectivity index (χ3v) is 3.56. The summed E-state index contributed by atoms with van der Waals surface area (Å²) in [6, 6.07) is 7.35. The van der Waals surface area contributed by atoms with Gasteiger partial charge in [0.25, 0.3) is 5.22 Å². The van der Waals surface area contributed by atoms with Crippen molar-refractivity contribution in [2.75, 3.05) is 5.75 Å². The van der Waals surface area contributed by atoms with Gasteiger partial charge in [0.1, 0.15) is 11.7 Å². The zero-order valence-electron chi connectivity index (χ0n) is 11.5. The van der Waals surface area contributed by atoms with Crippen molar-refractivity contribution in [1.29, 1.82) is 10.7 Å². The number of halogens is 1. The van der Waals surface area contributed by atoms with E-state index in [1.54, 1.807) is 6.07 Å². The summed E-state index contributed by atoms with van der Waals surface area (Å²) in [6.07, 6.45) is 0. The fraction of sp³-hybridized carbons (Fsp3) is 0.214. The zero-order chi connectivity index (χ0) is 16.1. The van der Waals surface area contributed by atoms with Gasteiger partial charge in [-0.2, -0.15) is 5.26 Å². The smallest absolute Gasteiger partial charge is 0.277 e. The Bertz CT molecular complexity index is 736. The van der Waals surface area contributed by atoms with Gasteiger partial charge in [-0.25, -0.2) is 4.39 Å². The van der Waals surface area contributed by atoms with Crippen LogP contribution in [0.4, 0.5) is 4.39 Å². The van der Waals surface area contributed by atoms with E-state index in [1.807, 2.05) is 0 Å². The van der Waals surface area contributed by atoms with Crippen molar-refractivity contribution < 1.29 is 13.6 Å². The summed E-state index contributed by atoms with van der Waals surface area (Å²) in [5.74, 6) is -1.63. The van der Waals surface area contributed by atoms with E-state index >= 15 is 0 Å². The van der Waals surface area contributed by atoms with Crippen molar-refractivity contribution in [2.24, 2.45) is 5.92 Å². The standard InChI is InChI=1S/C14H11FN4O2S/c1-8(17)11(6-16)12(20)7-22-14-19-18-13(21-14)9-2-4-10(15)5-3-9/h2-5,11,17H,7H2,1H3. The molecule has 1 atom stereocenters. The zero-order valence-corrected chi connectivity index (χ0v) is 12.4. The maximum atomic E-state index is 12.8. The van der Waals surface area contributed by atoms with Crippen molar-refractivity contribution in [3.63, 3.8) is 0 Å². The average Bonchev–Trinajstić information content (AvgIpc) is 2.95. The number of benzene rings is 1. The van der Waals surface area contributed by atoms with E-state index in [0.717, 1.165) is 11.8 Å². The minimum absolute atomic E-state index is 0.00521. The molecule has 0 bridgehead atoms. The summed E-state index contributed by atoms with van der Waals surface area (Å²) in [5.41, 5.74) is 0.572. The summed E-state index contributed by atoms with van der Waals surface area (Å²) < 4.78 is 18.2. The minimum atomic E-state index is -1.05. The van der Waals surface area contributed by atoms with Crippen LogP contribution in [0.25, 0.3) is 11.5 Å². The van der Waals surface area contributed by atoms with Crippen LogP contribution in [0.3, 0.4) is 0 Å². The lowest BCUT2D eigenvalue weighted by atomic mass is 10.0. The second kappa shape index (κ2) is 6.95. The molecule has 0 aliphatic carbocycles. The molecule has 6 nitrogen and oxygen atoms in total. The lowest BCUT2D eigenvalue weighted by Gasteiger charge is -2.03. The maximum Gasteiger partial charge on any atom is 0.277 e. The molecule has 0 radical (unpaired) electrons. The predicted octanol–water partition coefficient (Wildman–Crippen LogP) is 2.72. The van der Waals surface area contributed by atoms with Gasteiger partial charge in [-0.15, -0.1) is 10.2 Å². The first-order valence-corrected chi connectivity index (χ1v) is 7.19. The molecule has 1 unspecified atom stereocenters. The molecule has 1 N–H and O–H groups in total. The van der Waals surface area contributed by atoms with Crippen molar-refractivity contribution in [2.45, 2.75) is 12.1 Å².